The number of nitrogens with zero attached hydrogens (tertiary/aromatic N) is 1. The fourth-order valence-corrected chi connectivity index (χ4v) is 1.85. The van der Waals surface area contributed by atoms with Crippen molar-refractivity contribution in [2.24, 2.45) is 0 Å². The molecule has 1 heterocycles. The molecule has 1 aromatic carbocycles. The Morgan fingerprint density at radius 2 is 2.05 bits per heavy atom. The molecule has 0 aliphatic heterocycles. The first-order chi connectivity index (χ1) is 10.7. The van der Waals surface area contributed by atoms with Crippen LogP contribution in [0.1, 0.15) is 28.7 Å². The van der Waals surface area contributed by atoms with Crippen LogP contribution in [0, 0.1) is 0 Å². The fraction of sp³-hybridized carbons (Fsp3) is 0.312. The molecule has 1 N–H and O–H groups in total. The van der Waals surface area contributed by atoms with Crippen molar-refractivity contribution in [2.75, 3.05) is 13.2 Å². The maximum Gasteiger partial charge on any atom is 0.345 e. The number of nitrogens with one attached hydrogen (secondary N) is 1. The minimum Gasteiger partial charge on any atom is -0.462 e. The van der Waals surface area contributed by atoms with Crippen LogP contribution in [-0.4, -0.2) is 29.2 Å². The van der Waals surface area contributed by atoms with Crippen molar-refractivity contribution in [1.82, 2.24) is 9.97 Å². The topological polar surface area (TPSA) is 81.3 Å². The number of ether oxygens (including phenoxy) is 2. The minimum absolute atomic E-state index is 0.0872. The van der Waals surface area contributed by atoms with Gasteiger partial charge < -0.3 is 14.5 Å². The number of hydrogen-bond donors (Lipinski definition) is 1. The summed E-state index contributed by atoms with van der Waals surface area (Å²) in [5.74, 6) is -0.186. The standard InChI is InChI=1S/C16H18N2O4/c1-2-22-16(20)13-10-17-14(18-15(13)19)8-9-21-11-12-6-4-3-5-7-12/h3-7,10H,2,8-9,11H2,1H3,(H,17,18,19). The molecule has 0 unspecified atom stereocenters. The summed E-state index contributed by atoms with van der Waals surface area (Å²) in [5, 5.41) is 0. The molecule has 0 aliphatic carbocycles. The van der Waals surface area contributed by atoms with Gasteiger partial charge in [-0.3, -0.25) is 4.79 Å². The fourth-order valence-electron chi connectivity index (χ4n) is 1.85. The molecule has 0 fully saturated rings. The van der Waals surface area contributed by atoms with Crippen LogP contribution < -0.4 is 5.56 Å². The average molecular weight is 302 g/mol. The second-order valence-corrected chi connectivity index (χ2v) is 4.58. The summed E-state index contributed by atoms with van der Waals surface area (Å²) in [6.07, 6.45) is 1.70. The first-order valence-electron chi connectivity index (χ1n) is 7.07. The van der Waals surface area contributed by atoms with Gasteiger partial charge in [0.2, 0.25) is 0 Å². The first kappa shape index (κ1) is 15.9. The highest BCUT2D eigenvalue weighted by molar-refractivity contribution is 5.88. The number of H-pyrrole nitrogens is 1. The van der Waals surface area contributed by atoms with Crippen LogP contribution in [-0.2, 0) is 22.5 Å². The maximum absolute atomic E-state index is 11.8. The van der Waals surface area contributed by atoms with Crippen molar-refractivity contribution < 1.29 is 14.3 Å². The number of rotatable bonds is 7. The Labute approximate surface area is 128 Å². The molecule has 0 spiro atoms. The number of benzene rings is 1. The van der Waals surface area contributed by atoms with Crippen molar-refractivity contribution in [2.45, 2.75) is 20.0 Å². The summed E-state index contributed by atoms with van der Waals surface area (Å²) >= 11 is 0. The third-order valence-corrected chi connectivity index (χ3v) is 2.94. The molecular weight excluding hydrogens is 284 g/mol. The highest BCUT2D eigenvalue weighted by atomic mass is 16.5. The quantitative estimate of drug-likeness (QED) is 0.622. The van der Waals surface area contributed by atoms with E-state index in [1.807, 2.05) is 30.3 Å². The van der Waals surface area contributed by atoms with E-state index in [2.05, 4.69) is 9.97 Å². The number of esters is 1. The maximum atomic E-state index is 11.8. The molecule has 0 radical (unpaired) electrons. The number of hydrogen-bond acceptors (Lipinski definition) is 5. The smallest absolute Gasteiger partial charge is 0.345 e. The summed E-state index contributed by atoms with van der Waals surface area (Å²) < 4.78 is 10.3. The molecule has 2 rings (SSSR count). The second kappa shape index (κ2) is 8.09. The highest BCUT2D eigenvalue weighted by Crippen LogP contribution is 2.01. The lowest BCUT2D eigenvalue weighted by Crippen LogP contribution is -2.22. The van der Waals surface area contributed by atoms with E-state index in [0.717, 1.165) is 5.56 Å². The Kier molecular flexibility index (Phi) is 5.85. The van der Waals surface area contributed by atoms with Gasteiger partial charge in [0.15, 0.2) is 0 Å². The SMILES string of the molecule is CCOC(=O)c1cnc(CCOCc2ccccc2)[nH]c1=O. The summed E-state index contributed by atoms with van der Waals surface area (Å²) in [4.78, 5) is 29.9. The van der Waals surface area contributed by atoms with E-state index in [9.17, 15) is 9.59 Å². The zero-order valence-corrected chi connectivity index (χ0v) is 12.4. The van der Waals surface area contributed by atoms with Gasteiger partial charge in [0, 0.05) is 12.6 Å². The molecule has 2 aromatic rings. The van der Waals surface area contributed by atoms with Crippen molar-refractivity contribution in [3.8, 4) is 0 Å². The lowest BCUT2D eigenvalue weighted by Gasteiger charge is -2.05. The third kappa shape index (κ3) is 4.53. The largest absolute Gasteiger partial charge is 0.462 e. The molecule has 6 nitrogen and oxygen atoms in total. The van der Waals surface area contributed by atoms with Gasteiger partial charge in [-0.2, -0.15) is 0 Å². The summed E-state index contributed by atoms with van der Waals surface area (Å²) in [5.41, 5.74) is 0.504. The molecule has 0 atom stereocenters. The van der Waals surface area contributed by atoms with E-state index in [1.54, 1.807) is 6.92 Å². The molecule has 0 aliphatic rings. The van der Waals surface area contributed by atoms with Gasteiger partial charge >= 0.3 is 5.97 Å². The van der Waals surface area contributed by atoms with Crippen LogP contribution in [0.2, 0.25) is 0 Å². The lowest BCUT2D eigenvalue weighted by molar-refractivity contribution is 0.0523. The number of carbonyl (C=O) groups excluding carboxylic acids is 1. The molecule has 0 saturated heterocycles. The predicted octanol–water partition coefficient (Wildman–Crippen LogP) is 1.71. The van der Waals surface area contributed by atoms with Crippen LogP contribution in [0.4, 0.5) is 0 Å². The zero-order valence-electron chi connectivity index (χ0n) is 12.4. The summed E-state index contributed by atoms with van der Waals surface area (Å²) in [6.45, 7) is 2.83. The Morgan fingerprint density at radius 3 is 2.73 bits per heavy atom. The third-order valence-electron chi connectivity index (χ3n) is 2.94. The van der Waals surface area contributed by atoms with E-state index < -0.39 is 11.5 Å². The first-order valence-corrected chi connectivity index (χ1v) is 7.07. The van der Waals surface area contributed by atoms with Crippen LogP contribution in [0.5, 0.6) is 0 Å². The molecule has 0 amide bonds. The van der Waals surface area contributed by atoms with E-state index in [1.165, 1.54) is 6.20 Å². The highest BCUT2D eigenvalue weighted by Gasteiger charge is 2.12. The molecule has 116 valence electrons. The van der Waals surface area contributed by atoms with Crippen LogP contribution in [0.25, 0.3) is 0 Å². The van der Waals surface area contributed by atoms with Gasteiger partial charge in [-0.1, -0.05) is 30.3 Å². The molecule has 0 bridgehead atoms. The predicted molar refractivity (Wildman–Crippen MR) is 80.6 cm³/mol. The Bertz CT molecular complexity index is 667. The van der Waals surface area contributed by atoms with Crippen LogP contribution in [0.3, 0.4) is 0 Å². The molecule has 6 heteroatoms. The molecule has 0 saturated carbocycles. The van der Waals surface area contributed by atoms with Crippen molar-refractivity contribution in [3.63, 3.8) is 0 Å². The van der Waals surface area contributed by atoms with Crippen molar-refractivity contribution >= 4 is 5.97 Å². The van der Waals surface area contributed by atoms with Crippen molar-refractivity contribution in [1.29, 1.82) is 0 Å². The molecular formula is C16H18N2O4. The second-order valence-electron chi connectivity index (χ2n) is 4.58. The van der Waals surface area contributed by atoms with Gasteiger partial charge in [0.05, 0.1) is 19.8 Å². The van der Waals surface area contributed by atoms with Gasteiger partial charge in [-0.25, -0.2) is 9.78 Å². The van der Waals surface area contributed by atoms with E-state index in [0.29, 0.717) is 25.5 Å². The average Bonchev–Trinajstić information content (AvgIpc) is 2.53. The number of carbonyl (C=O) groups is 1. The monoisotopic (exact) mass is 302 g/mol. The van der Waals surface area contributed by atoms with Gasteiger partial charge in [-0.05, 0) is 12.5 Å². The van der Waals surface area contributed by atoms with E-state index in [-0.39, 0.29) is 12.2 Å². The van der Waals surface area contributed by atoms with Crippen molar-refractivity contribution in [3.05, 3.63) is 63.8 Å². The molecule has 1 aromatic heterocycles. The summed E-state index contributed by atoms with van der Waals surface area (Å²) in [7, 11) is 0. The molecule has 22 heavy (non-hydrogen) atoms. The Hall–Kier alpha value is -2.47. The van der Waals surface area contributed by atoms with Crippen LogP contribution in [0.15, 0.2) is 41.3 Å². The lowest BCUT2D eigenvalue weighted by atomic mass is 10.2. The normalized spacial score (nSPS) is 10.4. The minimum atomic E-state index is -0.664. The zero-order chi connectivity index (χ0) is 15.8. The number of aromatic nitrogens is 2. The van der Waals surface area contributed by atoms with Gasteiger partial charge in [0.25, 0.3) is 5.56 Å². The Balaban J connectivity index is 1.85. The van der Waals surface area contributed by atoms with E-state index in [4.69, 9.17) is 9.47 Å². The summed E-state index contributed by atoms with van der Waals surface area (Å²) in [6, 6.07) is 9.81. The number of aromatic amines is 1. The van der Waals surface area contributed by atoms with E-state index >= 15 is 0 Å². The van der Waals surface area contributed by atoms with Crippen LogP contribution >= 0.6 is 0 Å². The van der Waals surface area contributed by atoms with Gasteiger partial charge in [-0.15, -0.1) is 0 Å². The van der Waals surface area contributed by atoms with Gasteiger partial charge in [0.1, 0.15) is 11.4 Å². The Morgan fingerprint density at radius 1 is 1.27 bits per heavy atom.